The number of fused-ring (bicyclic) bond motifs is 1. The van der Waals surface area contributed by atoms with Crippen LogP contribution in [0.3, 0.4) is 0 Å². The summed E-state index contributed by atoms with van der Waals surface area (Å²) in [7, 11) is 0. The Balaban J connectivity index is 2.19. The number of hydrogen-bond donors (Lipinski definition) is 0. The smallest absolute Gasteiger partial charge is 0.0455 e. The SMILES string of the molecule is [c]1cc2ccc(-c3ccccc3)cc2s1. The fourth-order valence-corrected chi connectivity index (χ4v) is 2.45. The minimum atomic E-state index is 1.27. The second-order valence-corrected chi connectivity index (χ2v) is 4.36. The van der Waals surface area contributed by atoms with Gasteiger partial charge >= 0.3 is 0 Å². The molecule has 0 nitrogen and oxygen atoms in total. The molecule has 1 heteroatoms. The third-order valence-corrected chi connectivity index (χ3v) is 3.31. The molecule has 15 heavy (non-hydrogen) atoms. The summed E-state index contributed by atoms with van der Waals surface area (Å²) in [4.78, 5) is 0. The van der Waals surface area contributed by atoms with Crippen molar-refractivity contribution in [3.05, 3.63) is 60.0 Å². The Morgan fingerprint density at radius 1 is 0.867 bits per heavy atom. The summed E-state index contributed by atoms with van der Waals surface area (Å²) in [5, 5.41) is 4.44. The Labute approximate surface area is 92.8 Å². The zero-order valence-electron chi connectivity index (χ0n) is 8.10. The highest BCUT2D eigenvalue weighted by molar-refractivity contribution is 7.16. The van der Waals surface area contributed by atoms with Crippen molar-refractivity contribution < 1.29 is 0 Å². The molecule has 0 amide bonds. The lowest BCUT2D eigenvalue weighted by Crippen LogP contribution is -1.75. The Morgan fingerprint density at radius 2 is 1.73 bits per heavy atom. The van der Waals surface area contributed by atoms with Crippen molar-refractivity contribution in [1.82, 2.24) is 0 Å². The molecule has 2 aromatic carbocycles. The third kappa shape index (κ3) is 1.55. The van der Waals surface area contributed by atoms with Gasteiger partial charge in [0.15, 0.2) is 0 Å². The lowest BCUT2D eigenvalue weighted by atomic mass is 10.1. The van der Waals surface area contributed by atoms with E-state index >= 15 is 0 Å². The van der Waals surface area contributed by atoms with Crippen LogP contribution in [0.15, 0.2) is 54.6 Å². The molecule has 0 N–H and O–H groups in total. The van der Waals surface area contributed by atoms with E-state index in [1.165, 1.54) is 21.2 Å². The largest absolute Gasteiger partial charge is 0.134 e. The van der Waals surface area contributed by atoms with Crippen molar-refractivity contribution >= 4 is 21.4 Å². The first-order valence-corrected chi connectivity index (χ1v) is 5.70. The maximum Gasteiger partial charge on any atom is 0.0455 e. The summed E-state index contributed by atoms with van der Waals surface area (Å²) >= 11 is 1.67. The van der Waals surface area contributed by atoms with Crippen molar-refractivity contribution in [2.75, 3.05) is 0 Å². The molecule has 0 spiro atoms. The van der Waals surface area contributed by atoms with E-state index < -0.39 is 0 Å². The Morgan fingerprint density at radius 3 is 2.60 bits per heavy atom. The maximum absolute atomic E-state index is 3.16. The molecule has 0 aliphatic heterocycles. The monoisotopic (exact) mass is 209 g/mol. The molecule has 0 saturated heterocycles. The Hall–Kier alpha value is -1.60. The highest BCUT2D eigenvalue weighted by Crippen LogP contribution is 2.27. The molecule has 0 atom stereocenters. The fourth-order valence-electron chi connectivity index (χ4n) is 1.71. The number of hydrogen-bond acceptors (Lipinski definition) is 1. The van der Waals surface area contributed by atoms with Crippen LogP contribution in [0, 0.1) is 5.38 Å². The Kier molecular flexibility index (Phi) is 2.04. The lowest BCUT2D eigenvalue weighted by Gasteiger charge is -2.00. The molecule has 3 aromatic rings. The van der Waals surface area contributed by atoms with Crippen LogP contribution in [0.4, 0.5) is 0 Å². The summed E-state index contributed by atoms with van der Waals surface area (Å²) in [6.45, 7) is 0. The summed E-state index contributed by atoms with van der Waals surface area (Å²) in [6.07, 6.45) is 0. The van der Waals surface area contributed by atoms with E-state index in [1.807, 2.05) is 12.1 Å². The van der Waals surface area contributed by atoms with Gasteiger partial charge in [0.2, 0.25) is 0 Å². The molecule has 0 bridgehead atoms. The zero-order chi connectivity index (χ0) is 10.1. The van der Waals surface area contributed by atoms with Gasteiger partial charge in [0, 0.05) is 10.1 Å². The van der Waals surface area contributed by atoms with Gasteiger partial charge in [-0.2, -0.15) is 0 Å². The molecule has 0 aliphatic carbocycles. The fraction of sp³-hybridized carbons (Fsp3) is 0. The first-order valence-electron chi connectivity index (χ1n) is 4.88. The average molecular weight is 209 g/mol. The first-order chi connectivity index (χ1) is 7.43. The standard InChI is InChI=1S/C14H9S/c1-2-4-11(5-3-1)13-7-6-12-8-9-15-14(12)10-13/h1-8,10H. The molecule has 0 fully saturated rings. The minimum Gasteiger partial charge on any atom is -0.134 e. The van der Waals surface area contributed by atoms with Gasteiger partial charge in [-0.15, -0.1) is 11.3 Å². The summed E-state index contributed by atoms with van der Waals surface area (Å²) in [5.74, 6) is 0. The molecule has 3 rings (SSSR count). The van der Waals surface area contributed by atoms with E-state index in [1.54, 1.807) is 11.3 Å². The van der Waals surface area contributed by atoms with E-state index in [0.29, 0.717) is 0 Å². The number of benzene rings is 2. The van der Waals surface area contributed by atoms with Gasteiger partial charge in [0.05, 0.1) is 0 Å². The normalized spacial score (nSPS) is 10.7. The number of rotatable bonds is 1. The van der Waals surface area contributed by atoms with Gasteiger partial charge in [-0.1, -0.05) is 42.5 Å². The molecular weight excluding hydrogens is 200 g/mol. The summed E-state index contributed by atoms with van der Waals surface area (Å²) in [5.41, 5.74) is 2.55. The van der Waals surface area contributed by atoms with Crippen LogP contribution in [0.5, 0.6) is 0 Å². The molecule has 1 aromatic heterocycles. The van der Waals surface area contributed by atoms with Crippen molar-refractivity contribution in [1.29, 1.82) is 0 Å². The van der Waals surface area contributed by atoms with E-state index in [-0.39, 0.29) is 0 Å². The zero-order valence-corrected chi connectivity index (χ0v) is 8.92. The highest BCUT2D eigenvalue weighted by Gasteiger charge is 1.99. The van der Waals surface area contributed by atoms with E-state index in [4.69, 9.17) is 0 Å². The van der Waals surface area contributed by atoms with Crippen molar-refractivity contribution in [3.63, 3.8) is 0 Å². The third-order valence-electron chi connectivity index (χ3n) is 2.50. The summed E-state index contributed by atoms with van der Waals surface area (Å²) < 4.78 is 1.30. The molecule has 0 unspecified atom stereocenters. The molecule has 1 heterocycles. The van der Waals surface area contributed by atoms with Gasteiger partial charge < -0.3 is 0 Å². The van der Waals surface area contributed by atoms with Crippen molar-refractivity contribution in [2.45, 2.75) is 0 Å². The Bertz CT molecular complexity index is 578. The van der Waals surface area contributed by atoms with Crippen LogP contribution >= 0.6 is 11.3 Å². The second-order valence-electron chi connectivity index (χ2n) is 3.48. The van der Waals surface area contributed by atoms with Gasteiger partial charge in [-0.25, -0.2) is 0 Å². The predicted molar refractivity (Wildman–Crippen MR) is 66.1 cm³/mol. The maximum atomic E-state index is 3.16. The molecule has 1 radical (unpaired) electrons. The van der Waals surface area contributed by atoms with Gasteiger partial charge in [-0.05, 0) is 28.6 Å². The lowest BCUT2D eigenvalue weighted by molar-refractivity contribution is 1.66. The van der Waals surface area contributed by atoms with Gasteiger partial charge in [0.1, 0.15) is 0 Å². The van der Waals surface area contributed by atoms with E-state index in [2.05, 4.69) is 47.8 Å². The van der Waals surface area contributed by atoms with Crippen molar-refractivity contribution in [2.24, 2.45) is 0 Å². The molecule has 0 saturated carbocycles. The van der Waals surface area contributed by atoms with E-state index in [0.717, 1.165) is 0 Å². The van der Waals surface area contributed by atoms with Gasteiger partial charge in [-0.3, -0.25) is 0 Å². The topological polar surface area (TPSA) is 0 Å². The minimum absolute atomic E-state index is 1.27. The average Bonchev–Trinajstić information content (AvgIpc) is 2.77. The van der Waals surface area contributed by atoms with Crippen LogP contribution in [0.2, 0.25) is 0 Å². The second kappa shape index (κ2) is 3.52. The van der Waals surface area contributed by atoms with Gasteiger partial charge in [0.25, 0.3) is 0 Å². The first kappa shape index (κ1) is 8.69. The highest BCUT2D eigenvalue weighted by atomic mass is 32.1. The van der Waals surface area contributed by atoms with E-state index in [9.17, 15) is 0 Å². The van der Waals surface area contributed by atoms with Crippen LogP contribution in [0.1, 0.15) is 0 Å². The van der Waals surface area contributed by atoms with Crippen LogP contribution in [-0.2, 0) is 0 Å². The molecular formula is C14H9S. The predicted octanol–water partition coefficient (Wildman–Crippen LogP) is 4.37. The van der Waals surface area contributed by atoms with Crippen molar-refractivity contribution in [3.8, 4) is 11.1 Å². The van der Waals surface area contributed by atoms with Crippen LogP contribution in [0.25, 0.3) is 21.2 Å². The number of thiophene rings is 1. The van der Waals surface area contributed by atoms with Crippen LogP contribution < -0.4 is 0 Å². The molecule has 71 valence electrons. The van der Waals surface area contributed by atoms with Crippen LogP contribution in [-0.4, -0.2) is 0 Å². The summed E-state index contributed by atoms with van der Waals surface area (Å²) in [6, 6.07) is 19.0. The quantitative estimate of drug-likeness (QED) is 0.558. The molecule has 0 aliphatic rings.